The number of halogens is 6. The molecule has 0 aliphatic carbocycles. The first-order chi connectivity index (χ1) is 11.7. The maximum absolute atomic E-state index is 13.3. The van der Waals surface area contributed by atoms with Crippen LogP contribution < -0.4 is 5.32 Å². The molecule has 0 unspecified atom stereocenters. The van der Waals surface area contributed by atoms with E-state index in [1.807, 2.05) is 0 Å². The summed E-state index contributed by atoms with van der Waals surface area (Å²) in [4.78, 5) is 4.07. The third-order valence-corrected chi connectivity index (χ3v) is 3.94. The third kappa shape index (κ3) is 3.93. The highest BCUT2D eigenvalue weighted by Gasteiger charge is 2.34. The molecule has 1 N–H and O–H groups in total. The van der Waals surface area contributed by atoms with Crippen molar-refractivity contribution in [1.82, 2.24) is 4.98 Å². The molecule has 0 aliphatic heterocycles. The van der Waals surface area contributed by atoms with Crippen molar-refractivity contribution in [3.05, 3.63) is 64.8 Å². The first-order valence-corrected chi connectivity index (χ1v) is 7.66. The molecule has 0 atom stereocenters. The highest BCUT2D eigenvalue weighted by atomic mass is 32.1. The number of hydrogen-bond acceptors (Lipinski definition) is 3. The fraction of sp³-hybridized carbons (Fsp3) is 0.0625. The van der Waals surface area contributed by atoms with Crippen molar-refractivity contribution in [2.45, 2.75) is 6.18 Å². The fourth-order valence-corrected chi connectivity index (χ4v) is 2.85. The minimum Gasteiger partial charge on any atom is -0.332 e. The highest BCUT2D eigenvalue weighted by molar-refractivity contribution is 7.14. The Morgan fingerprint density at radius 3 is 2.24 bits per heavy atom. The topological polar surface area (TPSA) is 24.9 Å². The second-order valence-electron chi connectivity index (χ2n) is 5.01. The Morgan fingerprint density at radius 2 is 1.60 bits per heavy atom. The summed E-state index contributed by atoms with van der Waals surface area (Å²) in [5.41, 5.74) is -0.970. The summed E-state index contributed by atoms with van der Waals surface area (Å²) in [6.45, 7) is 0. The van der Waals surface area contributed by atoms with Gasteiger partial charge in [-0.2, -0.15) is 13.2 Å². The van der Waals surface area contributed by atoms with Crippen LogP contribution in [0.5, 0.6) is 0 Å². The summed E-state index contributed by atoms with van der Waals surface area (Å²) >= 11 is 1.03. The van der Waals surface area contributed by atoms with Crippen molar-refractivity contribution in [2.75, 3.05) is 5.32 Å². The molecular formula is C16H8F6N2S. The van der Waals surface area contributed by atoms with Crippen LogP contribution in [0.25, 0.3) is 11.3 Å². The van der Waals surface area contributed by atoms with Crippen LogP contribution in [0.4, 0.5) is 37.2 Å². The second-order valence-corrected chi connectivity index (χ2v) is 5.87. The first kappa shape index (κ1) is 17.3. The van der Waals surface area contributed by atoms with E-state index in [1.54, 1.807) is 0 Å². The van der Waals surface area contributed by atoms with Gasteiger partial charge in [-0.05, 0) is 30.3 Å². The Bertz CT molecular complexity index is 899. The second kappa shape index (κ2) is 6.40. The van der Waals surface area contributed by atoms with E-state index in [4.69, 9.17) is 0 Å². The molecule has 0 radical (unpaired) electrons. The van der Waals surface area contributed by atoms with Crippen molar-refractivity contribution in [3.63, 3.8) is 0 Å². The summed E-state index contributed by atoms with van der Waals surface area (Å²) < 4.78 is 77.9. The van der Waals surface area contributed by atoms with Crippen molar-refractivity contribution in [3.8, 4) is 11.3 Å². The minimum absolute atomic E-state index is 0.0138. The van der Waals surface area contributed by atoms with Crippen LogP contribution in [0.3, 0.4) is 0 Å². The van der Waals surface area contributed by atoms with Crippen molar-refractivity contribution >= 4 is 22.2 Å². The van der Waals surface area contributed by atoms with Crippen LogP contribution in [0.15, 0.2) is 41.8 Å². The Kier molecular flexibility index (Phi) is 4.42. The molecule has 25 heavy (non-hydrogen) atoms. The zero-order chi connectivity index (χ0) is 18.2. The molecule has 3 rings (SSSR count). The van der Waals surface area contributed by atoms with Gasteiger partial charge in [-0.3, -0.25) is 0 Å². The summed E-state index contributed by atoms with van der Waals surface area (Å²) in [5, 5.41) is 4.30. The molecule has 9 heteroatoms. The number of nitrogens with zero attached hydrogens (tertiary/aromatic N) is 1. The van der Waals surface area contributed by atoms with Crippen LogP contribution in [-0.2, 0) is 6.18 Å². The summed E-state index contributed by atoms with van der Waals surface area (Å²) in [5.74, 6) is -2.93. The van der Waals surface area contributed by atoms with Crippen LogP contribution in [0, 0.1) is 17.5 Å². The minimum atomic E-state index is -4.82. The summed E-state index contributed by atoms with van der Waals surface area (Å²) in [7, 11) is 0. The van der Waals surface area contributed by atoms with Gasteiger partial charge in [0.25, 0.3) is 0 Å². The average molecular weight is 374 g/mol. The van der Waals surface area contributed by atoms with Gasteiger partial charge >= 0.3 is 6.18 Å². The SMILES string of the molecule is Fc1cc(F)cc(-c2csc(Nc3ccc(F)c(C(F)(F)F)c3)n2)c1. The molecule has 0 fully saturated rings. The number of thiazole rings is 1. The fourth-order valence-electron chi connectivity index (χ4n) is 2.11. The number of alkyl halides is 3. The molecule has 130 valence electrons. The van der Waals surface area contributed by atoms with Crippen LogP contribution in [0.2, 0.25) is 0 Å². The van der Waals surface area contributed by atoms with Gasteiger partial charge in [0, 0.05) is 22.7 Å². The van der Waals surface area contributed by atoms with Crippen LogP contribution >= 0.6 is 11.3 Å². The standard InChI is InChI=1S/C16H8F6N2S/c17-9-3-8(4-10(18)5-9)14-7-25-15(24-14)23-11-1-2-13(19)12(6-11)16(20,21)22/h1-7H,(H,23,24). The largest absolute Gasteiger partial charge is 0.419 e. The zero-order valence-corrected chi connectivity index (χ0v) is 13.0. The van der Waals surface area contributed by atoms with Gasteiger partial charge in [-0.15, -0.1) is 11.3 Å². The lowest BCUT2D eigenvalue weighted by atomic mass is 10.1. The monoisotopic (exact) mass is 374 g/mol. The van der Waals surface area contributed by atoms with Gasteiger partial charge in [0.15, 0.2) is 5.13 Å². The maximum atomic E-state index is 13.3. The molecule has 0 spiro atoms. The van der Waals surface area contributed by atoms with Gasteiger partial charge < -0.3 is 5.32 Å². The number of nitrogens with one attached hydrogen (secondary N) is 1. The van der Waals surface area contributed by atoms with Gasteiger partial charge in [0.2, 0.25) is 0 Å². The van der Waals surface area contributed by atoms with Gasteiger partial charge in [-0.25, -0.2) is 18.2 Å². The van der Waals surface area contributed by atoms with Crippen molar-refractivity contribution in [1.29, 1.82) is 0 Å². The molecule has 0 saturated carbocycles. The predicted octanol–water partition coefficient (Wildman–Crippen LogP) is 5.99. The Balaban J connectivity index is 1.87. The smallest absolute Gasteiger partial charge is 0.332 e. The Morgan fingerprint density at radius 1 is 0.920 bits per heavy atom. The van der Waals surface area contributed by atoms with Gasteiger partial charge in [0.05, 0.1) is 11.3 Å². The van der Waals surface area contributed by atoms with E-state index in [2.05, 4.69) is 10.3 Å². The lowest BCUT2D eigenvalue weighted by Gasteiger charge is -2.10. The molecule has 0 saturated heterocycles. The molecule has 0 amide bonds. The Hall–Kier alpha value is -2.55. The van der Waals surface area contributed by atoms with E-state index >= 15 is 0 Å². The molecule has 2 nitrogen and oxygen atoms in total. The summed E-state index contributed by atoms with van der Waals surface area (Å²) in [6.07, 6.45) is -4.82. The van der Waals surface area contributed by atoms with Gasteiger partial charge in [-0.1, -0.05) is 0 Å². The third-order valence-electron chi connectivity index (χ3n) is 3.19. The van der Waals surface area contributed by atoms with E-state index in [1.165, 1.54) is 5.38 Å². The molecule has 1 aromatic heterocycles. The maximum Gasteiger partial charge on any atom is 0.419 e. The Labute approximate surface area is 141 Å². The van der Waals surface area contributed by atoms with Crippen molar-refractivity contribution in [2.24, 2.45) is 0 Å². The van der Waals surface area contributed by atoms with E-state index in [0.717, 1.165) is 29.5 Å². The predicted molar refractivity (Wildman–Crippen MR) is 82.2 cm³/mol. The highest BCUT2D eigenvalue weighted by Crippen LogP contribution is 2.34. The van der Waals surface area contributed by atoms with E-state index in [-0.39, 0.29) is 22.1 Å². The lowest BCUT2D eigenvalue weighted by Crippen LogP contribution is -2.08. The van der Waals surface area contributed by atoms with E-state index in [9.17, 15) is 26.3 Å². The molecule has 2 aromatic carbocycles. The first-order valence-electron chi connectivity index (χ1n) is 6.78. The normalized spacial score (nSPS) is 11.6. The van der Waals surface area contributed by atoms with Crippen LogP contribution in [0.1, 0.15) is 5.56 Å². The number of rotatable bonds is 3. The number of anilines is 2. The van der Waals surface area contributed by atoms with Gasteiger partial charge in [0.1, 0.15) is 17.5 Å². The van der Waals surface area contributed by atoms with E-state index < -0.39 is 29.2 Å². The summed E-state index contributed by atoms with van der Waals surface area (Å²) in [6, 6.07) is 5.34. The quantitative estimate of drug-likeness (QED) is 0.570. The van der Waals surface area contributed by atoms with E-state index in [0.29, 0.717) is 18.2 Å². The molecule has 1 heterocycles. The lowest BCUT2D eigenvalue weighted by molar-refractivity contribution is -0.139. The average Bonchev–Trinajstić information content (AvgIpc) is 2.96. The molecule has 0 aliphatic rings. The molecule has 3 aromatic rings. The zero-order valence-electron chi connectivity index (χ0n) is 12.2. The number of benzene rings is 2. The van der Waals surface area contributed by atoms with Crippen LogP contribution in [-0.4, -0.2) is 4.98 Å². The number of hydrogen-bond donors (Lipinski definition) is 1. The number of aromatic nitrogens is 1. The molecular weight excluding hydrogens is 366 g/mol. The van der Waals surface area contributed by atoms with Crippen molar-refractivity contribution < 1.29 is 26.3 Å². The molecule has 0 bridgehead atoms.